The van der Waals surface area contributed by atoms with Crippen molar-refractivity contribution in [1.29, 1.82) is 0 Å². The maximum Gasteiger partial charge on any atom is 0.254 e. The molecule has 3 rings (SSSR count). The van der Waals surface area contributed by atoms with E-state index in [1.54, 1.807) is 6.07 Å². The first kappa shape index (κ1) is 14.0. The Morgan fingerprint density at radius 2 is 2.20 bits per heavy atom. The topological polar surface area (TPSA) is 32.3 Å². The predicted octanol–water partition coefficient (Wildman–Crippen LogP) is 2.94. The second-order valence-electron chi connectivity index (χ2n) is 5.65. The summed E-state index contributed by atoms with van der Waals surface area (Å²) >= 11 is 3.20. The van der Waals surface area contributed by atoms with Gasteiger partial charge in [0.1, 0.15) is 5.82 Å². The molecular formula is C15H18BrFN2O. The van der Waals surface area contributed by atoms with Crippen LogP contribution in [0.25, 0.3) is 0 Å². The van der Waals surface area contributed by atoms with Crippen molar-refractivity contribution in [3.8, 4) is 0 Å². The second-order valence-corrected chi connectivity index (χ2v) is 6.57. The highest BCUT2D eigenvalue weighted by Gasteiger charge is 2.32. The molecule has 0 aliphatic carbocycles. The molecule has 2 atom stereocenters. The zero-order valence-corrected chi connectivity index (χ0v) is 12.8. The lowest BCUT2D eigenvalue weighted by molar-refractivity contribution is 0.0892. The fourth-order valence-corrected chi connectivity index (χ4v) is 3.63. The van der Waals surface area contributed by atoms with E-state index in [-0.39, 0.29) is 17.5 Å². The number of rotatable bonds is 2. The van der Waals surface area contributed by atoms with E-state index in [9.17, 15) is 9.18 Å². The molecule has 2 heterocycles. The normalized spacial score (nSPS) is 26.3. The smallest absolute Gasteiger partial charge is 0.254 e. The Balaban J connectivity index is 1.64. The SMILES string of the molecule is O=C(NC1CCN2CCCC2C1)c1ccc(Br)cc1F. The summed E-state index contributed by atoms with van der Waals surface area (Å²) < 4.78 is 14.4. The lowest BCUT2D eigenvalue weighted by Gasteiger charge is -2.35. The molecule has 0 radical (unpaired) electrons. The predicted molar refractivity (Wildman–Crippen MR) is 79.2 cm³/mol. The molecule has 1 aromatic rings. The molecule has 108 valence electrons. The van der Waals surface area contributed by atoms with Gasteiger partial charge in [-0.2, -0.15) is 0 Å². The van der Waals surface area contributed by atoms with Gasteiger partial charge in [-0.3, -0.25) is 4.79 Å². The van der Waals surface area contributed by atoms with E-state index in [2.05, 4.69) is 26.1 Å². The van der Waals surface area contributed by atoms with E-state index >= 15 is 0 Å². The molecule has 2 fully saturated rings. The van der Waals surface area contributed by atoms with Gasteiger partial charge in [0.05, 0.1) is 5.56 Å². The summed E-state index contributed by atoms with van der Waals surface area (Å²) in [6.07, 6.45) is 4.43. The lowest BCUT2D eigenvalue weighted by atomic mass is 9.97. The molecular weight excluding hydrogens is 323 g/mol. The second kappa shape index (κ2) is 5.82. The summed E-state index contributed by atoms with van der Waals surface area (Å²) in [5.74, 6) is -0.776. The fraction of sp³-hybridized carbons (Fsp3) is 0.533. The average Bonchev–Trinajstić information content (AvgIpc) is 2.85. The highest BCUT2D eigenvalue weighted by molar-refractivity contribution is 9.10. The zero-order chi connectivity index (χ0) is 14.1. The molecule has 1 aromatic carbocycles. The van der Waals surface area contributed by atoms with Crippen LogP contribution in [0.5, 0.6) is 0 Å². The molecule has 5 heteroatoms. The number of nitrogens with one attached hydrogen (secondary N) is 1. The third-order valence-corrected chi connectivity index (χ3v) is 4.82. The number of hydrogen-bond donors (Lipinski definition) is 1. The van der Waals surface area contributed by atoms with E-state index in [1.807, 2.05) is 0 Å². The lowest BCUT2D eigenvalue weighted by Crippen LogP contribution is -2.47. The Hall–Kier alpha value is -0.940. The first-order valence-corrected chi connectivity index (χ1v) is 7.93. The molecule has 1 amide bonds. The molecule has 0 aromatic heterocycles. The van der Waals surface area contributed by atoms with Crippen molar-refractivity contribution in [2.75, 3.05) is 13.1 Å². The number of fused-ring (bicyclic) bond motifs is 1. The molecule has 2 saturated heterocycles. The van der Waals surface area contributed by atoms with Gasteiger partial charge >= 0.3 is 0 Å². The third kappa shape index (κ3) is 2.88. The van der Waals surface area contributed by atoms with Crippen molar-refractivity contribution in [1.82, 2.24) is 10.2 Å². The van der Waals surface area contributed by atoms with Crippen LogP contribution in [-0.2, 0) is 0 Å². The van der Waals surface area contributed by atoms with Crippen LogP contribution in [0.3, 0.4) is 0 Å². The summed E-state index contributed by atoms with van der Waals surface area (Å²) in [6, 6.07) is 5.32. The number of carbonyl (C=O) groups excluding carboxylic acids is 1. The summed E-state index contributed by atoms with van der Waals surface area (Å²) in [5.41, 5.74) is 0.127. The van der Waals surface area contributed by atoms with Gasteiger partial charge in [0, 0.05) is 23.1 Å². The minimum atomic E-state index is -0.477. The number of halogens is 2. The Morgan fingerprint density at radius 3 is 3.00 bits per heavy atom. The van der Waals surface area contributed by atoms with E-state index < -0.39 is 5.82 Å². The maximum absolute atomic E-state index is 13.8. The molecule has 20 heavy (non-hydrogen) atoms. The summed E-state index contributed by atoms with van der Waals surface area (Å²) in [7, 11) is 0. The standard InChI is InChI=1S/C15H18BrFN2O/c16-10-3-4-13(14(17)8-10)15(20)18-11-5-7-19-6-1-2-12(19)9-11/h3-4,8,11-12H,1-2,5-7,9H2,(H,18,20). The van der Waals surface area contributed by atoms with Gasteiger partial charge in [-0.1, -0.05) is 15.9 Å². The van der Waals surface area contributed by atoms with Crippen LogP contribution in [0.2, 0.25) is 0 Å². The van der Waals surface area contributed by atoms with Crippen molar-refractivity contribution in [2.45, 2.75) is 37.8 Å². The molecule has 2 aliphatic rings. The Bertz CT molecular complexity index is 523. The quantitative estimate of drug-likeness (QED) is 0.897. The minimum absolute atomic E-state index is 0.127. The van der Waals surface area contributed by atoms with Gasteiger partial charge in [0.2, 0.25) is 0 Å². The monoisotopic (exact) mass is 340 g/mol. The van der Waals surface area contributed by atoms with Crippen molar-refractivity contribution in [2.24, 2.45) is 0 Å². The van der Waals surface area contributed by atoms with E-state index in [0.717, 1.165) is 19.4 Å². The number of amides is 1. The Kier molecular flexibility index (Phi) is 4.08. The van der Waals surface area contributed by atoms with Crippen molar-refractivity contribution >= 4 is 21.8 Å². The van der Waals surface area contributed by atoms with Crippen molar-refractivity contribution in [3.63, 3.8) is 0 Å². The largest absolute Gasteiger partial charge is 0.349 e. The van der Waals surface area contributed by atoms with Crippen LogP contribution in [0.1, 0.15) is 36.0 Å². The van der Waals surface area contributed by atoms with Crippen LogP contribution in [0.4, 0.5) is 4.39 Å². The summed E-state index contributed by atoms with van der Waals surface area (Å²) in [6.45, 7) is 2.23. The van der Waals surface area contributed by atoms with Gasteiger partial charge in [0.25, 0.3) is 5.91 Å². The number of piperidine rings is 1. The van der Waals surface area contributed by atoms with Crippen LogP contribution in [0.15, 0.2) is 22.7 Å². The van der Waals surface area contributed by atoms with Crippen molar-refractivity contribution in [3.05, 3.63) is 34.1 Å². The number of nitrogens with zero attached hydrogens (tertiary/aromatic N) is 1. The van der Waals surface area contributed by atoms with Crippen LogP contribution < -0.4 is 5.32 Å². The molecule has 2 unspecified atom stereocenters. The average molecular weight is 341 g/mol. The molecule has 3 nitrogen and oxygen atoms in total. The molecule has 0 spiro atoms. The van der Waals surface area contributed by atoms with Gasteiger partial charge < -0.3 is 10.2 Å². The Labute approximate surface area is 126 Å². The molecule has 1 N–H and O–H groups in total. The van der Waals surface area contributed by atoms with Crippen molar-refractivity contribution < 1.29 is 9.18 Å². The fourth-order valence-electron chi connectivity index (χ4n) is 3.29. The van der Waals surface area contributed by atoms with Crippen LogP contribution in [0, 0.1) is 5.82 Å². The van der Waals surface area contributed by atoms with E-state index in [4.69, 9.17) is 0 Å². The van der Waals surface area contributed by atoms with E-state index in [1.165, 1.54) is 31.5 Å². The molecule has 2 aliphatic heterocycles. The molecule has 0 saturated carbocycles. The van der Waals surface area contributed by atoms with Gasteiger partial charge in [-0.15, -0.1) is 0 Å². The summed E-state index contributed by atoms with van der Waals surface area (Å²) in [5, 5.41) is 2.99. The van der Waals surface area contributed by atoms with Gasteiger partial charge in [-0.05, 0) is 50.4 Å². The first-order valence-electron chi connectivity index (χ1n) is 7.13. The number of carbonyl (C=O) groups is 1. The Morgan fingerprint density at radius 1 is 1.35 bits per heavy atom. The number of benzene rings is 1. The zero-order valence-electron chi connectivity index (χ0n) is 11.2. The maximum atomic E-state index is 13.8. The highest BCUT2D eigenvalue weighted by atomic mass is 79.9. The van der Waals surface area contributed by atoms with E-state index in [0.29, 0.717) is 10.5 Å². The number of hydrogen-bond acceptors (Lipinski definition) is 2. The van der Waals surface area contributed by atoms with Crippen LogP contribution >= 0.6 is 15.9 Å². The first-order chi connectivity index (χ1) is 9.63. The third-order valence-electron chi connectivity index (χ3n) is 4.33. The summed E-state index contributed by atoms with van der Waals surface area (Å²) in [4.78, 5) is 14.7. The van der Waals surface area contributed by atoms with Crippen LogP contribution in [-0.4, -0.2) is 36.0 Å². The van der Waals surface area contributed by atoms with Gasteiger partial charge in [-0.25, -0.2) is 4.39 Å². The molecule has 0 bridgehead atoms. The minimum Gasteiger partial charge on any atom is -0.349 e. The van der Waals surface area contributed by atoms with Gasteiger partial charge in [0.15, 0.2) is 0 Å². The highest BCUT2D eigenvalue weighted by Crippen LogP contribution is 2.27.